The van der Waals surface area contributed by atoms with Gasteiger partial charge >= 0.3 is 5.97 Å². The van der Waals surface area contributed by atoms with Gasteiger partial charge in [-0.2, -0.15) is 0 Å². The number of carbonyl (C=O) groups is 3. The molecule has 0 aliphatic heterocycles. The number of halogens is 3. The van der Waals surface area contributed by atoms with Gasteiger partial charge in [0.2, 0.25) is 5.91 Å². The number of ether oxygens (including phenoxy) is 1. The summed E-state index contributed by atoms with van der Waals surface area (Å²) in [6, 6.07) is 9.91. The molecule has 2 amide bonds. The highest BCUT2D eigenvalue weighted by Crippen LogP contribution is 2.25. The average Bonchev–Trinajstić information content (AvgIpc) is 2.70. The van der Waals surface area contributed by atoms with Crippen LogP contribution in [0.5, 0.6) is 0 Å². The van der Waals surface area contributed by atoms with Crippen LogP contribution < -0.4 is 10.6 Å². The summed E-state index contributed by atoms with van der Waals surface area (Å²) in [7, 11) is 0. The van der Waals surface area contributed by atoms with Crippen molar-refractivity contribution >= 4 is 64.1 Å². The van der Waals surface area contributed by atoms with Crippen LogP contribution in [0.2, 0.25) is 10.0 Å². The fraction of sp³-hybridized carbons (Fsp3) is 0.250. The average molecular weight is 473 g/mol. The van der Waals surface area contributed by atoms with Crippen LogP contribution in [-0.2, 0) is 19.1 Å². The van der Waals surface area contributed by atoms with E-state index in [1.165, 1.54) is 43.3 Å². The molecule has 2 unspecified atom stereocenters. The van der Waals surface area contributed by atoms with Crippen molar-refractivity contribution in [1.29, 1.82) is 0 Å². The Labute approximate surface area is 187 Å². The van der Waals surface area contributed by atoms with Crippen LogP contribution in [0.15, 0.2) is 42.5 Å². The Kier molecular flexibility index (Phi) is 8.95. The monoisotopic (exact) mass is 472 g/mol. The Morgan fingerprint density at radius 2 is 1.73 bits per heavy atom. The molecule has 2 atom stereocenters. The van der Waals surface area contributed by atoms with Gasteiger partial charge in [-0.3, -0.25) is 14.4 Å². The SMILES string of the molecule is CC(OC(=O)C(C)SCC(=O)Nc1ccc(F)cc1)C(=O)Nc1cc(Cl)ccc1Cl. The van der Waals surface area contributed by atoms with Crippen molar-refractivity contribution in [2.45, 2.75) is 25.2 Å². The number of nitrogens with one attached hydrogen (secondary N) is 2. The fourth-order valence-corrected chi connectivity index (χ4v) is 3.15. The predicted molar refractivity (Wildman–Crippen MR) is 118 cm³/mol. The third-order valence-electron chi connectivity index (χ3n) is 3.77. The summed E-state index contributed by atoms with van der Waals surface area (Å²) < 4.78 is 18.0. The summed E-state index contributed by atoms with van der Waals surface area (Å²) in [5.41, 5.74) is 0.749. The molecular weight excluding hydrogens is 454 g/mol. The van der Waals surface area contributed by atoms with E-state index in [2.05, 4.69) is 10.6 Å². The normalized spacial score (nSPS) is 12.6. The highest BCUT2D eigenvalue weighted by atomic mass is 35.5. The highest BCUT2D eigenvalue weighted by Gasteiger charge is 2.23. The molecule has 0 aromatic heterocycles. The molecule has 2 aromatic rings. The van der Waals surface area contributed by atoms with Gasteiger partial charge in [0, 0.05) is 10.7 Å². The lowest BCUT2D eigenvalue weighted by Crippen LogP contribution is -2.33. The Hall–Kier alpha value is -2.29. The van der Waals surface area contributed by atoms with Crippen LogP contribution in [0.4, 0.5) is 15.8 Å². The summed E-state index contributed by atoms with van der Waals surface area (Å²) in [6.45, 7) is 2.99. The van der Waals surface area contributed by atoms with E-state index in [-0.39, 0.29) is 11.7 Å². The first kappa shape index (κ1) is 24.0. The number of esters is 1. The lowest BCUT2D eigenvalue weighted by Gasteiger charge is -2.17. The summed E-state index contributed by atoms with van der Waals surface area (Å²) in [5, 5.41) is 5.14. The maximum absolute atomic E-state index is 12.9. The number of anilines is 2. The Morgan fingerprint density at radius 1 is 1.07 bits per heavy atom. The molecule has 160 valence electrons. The Balaban J connectivity index is 1.79. The molecule has 0 saturated carbocycles. The second-order valence-electron chi connectivity index (χ2n) is 6.20. The van der Waals surface area contributed by atoms with Gasteiger partial charge in [-0.25, -0.2) is 4.39 Å². The van der Waals surface area contributed by atoms with Gasteiger partial charge in [0.05, 0.1) is 16.5 Å². The summed E-state index contributed by atoms with van der Waals surface area (Å²) in [5.74, 6) is -2.00. The predicted octanol–water partition coefficient (Wildman–Crippen LogP) is 4.76. The molecule has 0 fully saturated rings. The first-order chi connectivity index (χ1) is 14.2. The standard InChI is InChI=1S/C20H19Cl2FN2O4S/c1-11(19(27)25-17-9-13(21)3-8-16(17)22)29-20(28)12(2)30-10-18(26)24-15-6-4-14(23)5-7-15/h3-9,11-12H,10H2,1-2H3,(H,24,26)(H,25,27). The largest absolute Gasteiger partial charge is 0.452 e. The van der Waals surface area contributed by atoms with Gasteiger partial charge < -0.3 is 15.4 Å². The lowest BCUT2D eigenvalue weighted by atomic mass is 10.3. The van der Waals surface area contributed by atoms with E-state index in [4.69, 9.17) is 27.9 Å². The molecule has 6 nitrogen and oxygen atoms in total. The molecule has 2 aromatic carbocycles. The number of amides is 2. The number of hydrogen-bond acceptors (Lipinski definition) is 5. The van der Waals surface area contributed by atoms with Crippen LogP contribution in [0.1, 0.15) is 13.8 Å². The number of rotatable bonds is 8. The van der Waals surface area contributed by atoms with E-state index < -0.39 is 29.0 Å². The molecule has 2 N–H and O–H groups in total. The first-order valence-corrected chi connectivity index (χ1v) is 10.6. The molecule has 0 spiro atoms. The second-order valence-corrected chi connectivity index (χ2v) is 8.37. The zero-order chi connectivity index (χ0) is 22.3. The van der Waals surface area contributed by atoms with Gasteiger partial charge in [0.1, 0.15) is 11.1 Å². The van der Waals surface area contributed by atoms with E-state index >= 15 is 0 Å². The summed E-state index contributed by atoms with van der Waals surface area (Å²) >= 11 is 12.9. The molecule has 2 rings (SSSR count). The maximum atomic E-state index is 12.9. The topological polar surface area (TPSA) is 84.5 Å². The third kappa shape index (κ3) is 7.51. The van der Waals surface area contributed by atoms with E-state index in [9.17, 15) is 18.8 Å². The van der Waals surface area contributed by atoms with Crippen LogP contribution in [-0.4, -0.2) is 34.9 Å². The Morgan fingerprint density at radius 3 is 2.40 bits per heavy atom. The third-order valence-corrected chi connectivity index (χ3v) is 5.46. The number of thioether (sulfide) groups is 1. The van der Waals surface area contributed by atoms with Crippen molar-refractivity contribution in [2.24, 2.45) is 0 Å². The van der Waals surface area contributed by atoms with Crippen molar-refractivity contribution in [1.82, 2.24) is 0 Å². The second kappa shape index (κ2) is 11.2. The molecule has 10 heteroatoms. The van der Waals surface area contributed by atoms with Gasteiger partial charge in [0.25, 0.3) is 5.91 Å². The van der Waals surface area contributed by atoms with Gasteiger partial charge in [-0.15, -0.1) is 11.8 Å². The number of carbonyl (C=O) groups excluding carboxylic acids is 3. The van der Waals surface area contributed by atoms with E-state index in [0.29, 0.717) is 21.4 Å². The molecule has 30 heavy (non-hydrogen) atoms. The summed E-state index contributed by atoms with van der Waals surface area (Å²) in [4.78, 5) is 36.4. The van der Waals surface area contributed by atoms with Crippen molar-refractivity contribution in [3.05, 3.63) is 58.3 Å². The van der Waals surface area contributed by atoms with E-state index in [0.717, 1.165) is 11.8 Å². The fourth-order valence-electron chi connectivity index (χ4n) is 2.15. The lowest BCUT2D eigenvalue weighted by molar-refractivity contribution is -0.152. The summed E-state index contributed by atoms with van der Waals surface area (Å²) in [6.07, 6.45) is -1.08. The van der Waals surface area contributed by atoms with Crippen LogP contribution in [0.25, 0.3) is 0 Å². The number of benzene rings is 2. The van der Waals surface area contributed by atoms with E-state index in [1.807, 2.05) is 0 Å². The molecule has 0 heterocycles. The van der Waals surface area contributed by atoms with Gasteiger partial charge in [-0.05, 0) is 56.3 Å². The van der Waals surface area contributed by atoms with Gasteiger partial charge in [-0.1, -0.05) is 23.2 Å². The van der Waals surface area contributed by atoms with Crippen LogP contribution >= 0.6 is 35.0 Å². The minimum Gasteiger partial charge on any atom is -0.452 e. The smallest absolute Gasteiger partial charge is 0.319 e. The van der Waals surface area contributed by atoms with Crippen molar-refractivity contribution in [3.8, 4) is 0 Å². The van der Waals surface area contributed by atoms with E-state index in [1.54, 1.807) is 13.0 Å². The molecule has 0 bridgehead atoms. The highest BCUT2D eigenvalue weighted by molar-refractivity contribution is 8.01. The van der Waals surface area contributed by atoms with Gasteiger partial charge in [0.15, 0.2) is 6.10 Å². The van der Waals surface area contributed by atoms with Crippen LogP contribution in [0, 0.1) is 5.82 Å². The van der Waals surface area contributed by atoms with Crippen molar-refractivity contribution in [3.63, 3.8) is 0 Å². The molecular formula is C20H19Cl2FN2O4S. The van der Waals surface area contributed by atoms with Crippen molar-refractivity contribution < 1.29 is 23.5 Å². The quantitative estimate of drug-likeness (QED) is 0.540. The zero-order valence-electron chi connectivity index (χ0n) is 16.1. The van der Waals surface area contributed by atoms with Crippen LogP contribution in [0.3, 0.4) is 0 Å². The minimum absolute atomic E-state index is 0.0215. The zero-order valence-corrected chi connectivity index (χ0v) is 18.4. The van der Waals surface area contributed by atoms with Crippen molar-refractivity contribution in [2.75, 3.05) is 16.4 Å². The molecule has 0 saturated heterocycles. The molecule has 0 aliphatic carbocycles. The maximum Gasteiger partial charge on any atom is 0.319 e. The molecule has 0 aliphatic rings. The molecule has 0 radical (unpaired) electrons. The minimum atomic E-state index is -1.08. The number of hydrogen-bond donors (Lipinski definition) is 2. The first-order valence-electron chi connectivity index (χ1n) is 8.79. The Bertz CT molecular complexity index is 928.